The number of carbonyl (C=O) groups is 2. The second-order valence-corrected chi connectivity index (χ2v) is 6.06. The molecule has 1 heterocycles. The van der Waals surface area contributed by atoms with Crippen LogP contribution in [0.25, 0.3) is 6.08 Å². The van der Waals surface area contributed by atoms with Gasteiger partial charge in [-0.15, -0.1) is 0 Å². The molecule has 3 rings (SSSR count). The number of nitrogens with zero attached hydrogens (tertiary/aromatic N) is 1. The lowest BCUT2D eigenvalue weighted by molar-refractivity contribution is -0.128. The second kappa shape index (κ2) is 9.24. The van der Waals surface area contributed by atoms with Crippen molar-refractivity contribution in [2.24, 2.45) is 0 Å². The molecule has 7 nitrogen and oxygen atoms in total. The van der Waals surface area contributed by atoms with Gasteiger partial charge < -0.3 is 19.5 Å². The number of esters is 1. The van der Waals surface area contributed by atoms with E-state index in [-0.39, 0.29) is 12.6 Å². The van der Waals surface area contributed by atoms with Crippen LogP contribution in [-0.2, 0) is 16.0 Å². The molecule has 0 saturated carbocycles. The van der Waals surface area contributed by atoms with Crippen LogP contribution in [0.4, 0.5) is 4.79 Å². The first-order valence-corrected chi connectivity index (χ1v) is 8.64. The van der Waals surface area contributed by atoms with Crippen LogP contribution in [0, 0.1) is 11.3 Å². The summed E-state index contributed by atoms with van der Waals surface area (Å²) in [5.74, 6) is 0.532. The van der Waals surface area contributed by atoms with E-state index in [2.05, 4.69) is 5.32 Å². The molecule has 1 amide bonds. The Labute approximate surface area is 162 Å². The number of nitrogens with one attached hydrogen (secondary N) is 1. The Bertz CT molecular complexity index is 898. The number of hydrogen-bond acceptors (Lipinski definition) is 6. The Hall–Kier alpha value is -3.79. The molecule has 2 aromatic rings. The maximum absolute atomic E-state index is 12.0. The third kappa shape index (κ3) is 5.61. The van der Waals surface area contributed by atoms with Gasteiger partial charge in [-0.2, -0.15) is 5.26 Å². The molecule has 0 aromatic heterocycles. The normalized spacial score (nSPS) is 15.5. The lowest BCUT2D eigenvalue weighted by atomic mass is 10.1. The number of hydrogen-bond donors (Lipinski definition) is 1. The van der Waals surface area contributed by atoms with E-state index in [0.29, 0.717) is 24.5 Å². The van der Waals surface area contributed by atoms with E-state index >= 15 is 0 Å². The quantitative estimate of drug-likeness (QED) is 0.452. The highest BCUT2D eigenvalue weighted by atomic mass is 16.6. The van der Waals surface area contributed by atoms with Crippen LogP contribution < -0.4 is 14.8 Å². The molecule has 2 aromatic carbocycles. The number of rotatable bonds is 7. The molecule has 7 heteroatoms. The molecular weight excluding hydrogens is 360 g/mol. The van der Waals surface area contributed by atoms with Gasteiger partial charge in [0.05, 0.1) is 6.04 Å². The summed E-state index contributed by atoms with van der Waals surface area (Å²) in [6.07, 6.45) is 3.22. The van der Waals surface area contributed by atoms with Gasteiger partial charge in [-0.1, -0.05) is 24.3 Å². The lowest BCUT2D eigenvalue weighted by Gasteiger charge is -2.08. The fourth-order valence-corrected chi connectivity index (χ4v) is 2.62. The molecular formula is C21H18N2O5. The van der Waals surface area contributed by atoms with Gasteiger partial charge in [0.1, 0.15) is 24.2 Å². The van der Waals surface area contributed by atoms with E-state index in [1.165, 1.54) is 6.08 Å². The Morgan fingerprint density at radius 2 is 1.89 bits per heavy atom. The Morgan fingerprint density at radius 3 is 2.54 bits per heavy atom. The van der Waals surface area contributed by atoms with Crippen molar-refractivity contribution >= 4 is 18.1 Å². The number of ether oxygens (including phenoxy) is 3. The van der Waals surface area contributed by atoms with Crippen LogP contribution >= 0.6 is 0 Å². The molecule has 0 bridgehead atoms. The summed E-state index contributed by atoms with van der Waals surface area (Å²) < 4.78 is 15.3. The lowest BCUT2D eigenvalue weighted by Crippen LogP contribution is -2.28. The third-order valence-corrected chi connectivity index (χ3v) is 3.96. The van der Waals surface area contributed by atoms with Crippen molar-refractivity contribution in [2.45, 2.75) is 12.5 Å². The largest absolute Gasteiger partial charge is 0.479 e. The van der Waals surface area contributed by atoms with Crippen molar-refractivity contribution < 1.29 is 23.8 Å². The summed E-state index contributed by atoms with van der Waals surface area (Å²) >= 11 is 0. The van der Waals surface area contributed by atoms with Crippen LogP contribution in [0.15, 0.2) is 54.6 Å². The van der Waals surface area contributed by atoms with Gasteiger partial charge in [-0.3, -0.25) is 0 Å². The fourth-order valence-electron chi connectivity index (χ4n) is 2.62. The molecule has 0 unspecified atom stereocenters. The predicted octanol–water partition coefficient (Wildman–Crippen LogP) is 2.86. The molecule has 1 saturated heterocycles. The van der Waals surface area contributed by atoms with Crippen LogP contribution in [0.2, 0.25) is 0 Å². The maximum Gasteiger partial charge on any atom is 0.407 e. The zero-order valence-electron chi connectivity index (χ0n) is 15.0. The SMILES string of the molecule is N#CCOc1ccc(/C=C/C(=O)Oc2ccc(C[C@H]3COC(=O)N3)cc2)cc1. The molecule has 1 aliphatic rings. The van der Waals surface area contributed by atoms with E-state index in [4.69, 9.17) is 19.5 Å². The molecule has 1 atom stereocenters. The first-order chi connectivity index (χ1) is 13.6. The molecule has 1 aliphatic heterocycles. The number of benzene rings is 2. The van der Waals surface area contributed by atoms with Gasteiger partial charge in [-0.05, 0) is 47.9 Å². The summed E-state index contributed by atoms with van der Waals surface area (Å²) in [6, 6.07) is 16.0. The summed E-state index contributed by atoms with van der Waals surface area (Å²) in [6.45, 7) is 0.342. The second-order valence-electron chi connectivity index (χ2n) is 6.06. The standard InChI is InChI=1S/C21H18N2O5/c22-11-12-26-18-6-1-15(2-7-18)5-10-20(24)28-19-8-3-16(4-9-19)13-17-14-27-21(25)23-17/h1-10,17H,12-14H2,(H,23,25)/b10-5+/t17-/m0/s1. The number of alkyl carbamates (subject to hydrolysis) is 1. The summed E-state index contributed by atoms with van der Waals surface area (Å²) in [5, 5.41) is 11.2. The minimum atomic E-state index is -0.492. The summed E-state index contributed by atoms with van der Waals surface area (Å²) in [5.41, 5.74) is 1.81. The Morgan fingerprint density at radius 1 is 1.18 bits per heavy atom. The van der Waals surface area contributed by atoms with Crippen molar-refractivity contribution in [2.75, 3.05) is 13.2 Å². The number of amides is 1. The zero-order valence-corrected chi connectivity index (χ0v) is 15.0. The smallest absolute Gasteiger partial charge is 0.407 e. The number of cyclic esters (lactones) is 1. The van der Waals surface area contributed by atoms with Crippen LogP contribution in [0.1, 0.15) is 11.1 Å². The van der Waals surface area contributed by atoms with Crippen molar-refractivity contribution in [3.05, 3.63) is 65.7 Å². The molecule has 0 aliphatic carbocycles. The van der Waals surface area contributed by atoms with E-state index in [9.17, 15) is 9.59 Å². The Balaban J connectivity index is 1.49. The topological polar surface area (TPSA) is 97.7 Å². The van der Waals surface area contributed by atoms with Gasteiger partial charge in [0, 0.05) is 6.08 Å². The van der Waals surface area contributed by atoms with Crippen molar-refractivity contribution in [3.63, 3.8) is 0 Å². The van der Waals surface area contributed by atoms with Gasteiger partial charge >= 0.3 is 12.1 Å². The van der Waals surface area contributed by atoms with E-state index < -0.39 is 12.1 Å². The Kier molecular flexibility index (Phi) is 6.26. The fraction of sp³-hybridized carbons (Fsp3) is 0.190. The van der Waals surface area contributed by atoms with Crippen LogP contribution in [-0.4, -0.2) is 31.3 Å². The first kappa shape index (κ1) is 19.0. The van der Waals surface area contributed by atoms with Crippen LogP contribution in [0.3, 0.4) is 0 Å². The minimum absolute atomic E-state index is 0.0105. The van der Waals surface area contributed by atoms with Gasteiger partial charge in [0.25, 0.3) is 0 Å². The summed E-state index contributed by atoms with van der Waals surface area (Å²) in [4.78, 5) is 23.0. The van der Waals surface area contributed by atoms with Crippen molar-refractivity contribution in [1.82, 2.24) is 5.32 Å². The highest BCUT2D eigenvalue weighted by molar-refractivity contribution is 5.88. The third-order valence-electron chi connectivity index (χ3n) is 3.96. The number of carbonyl (C=O) groups excluding carboxylic acids is 2. The number of nitriles is 1. The maximum atomic E-state index is 12.0. The van der Waals surface area contributed by atoms with Crippen LogP contribution in [0.5, 0.6) is 11.5 Å². The highest BCUT2D eigenvalue weighted by Crippen LogP contribution is 2.16. The van der Waals surface area contributed by atoms with Gasteiger partial charge in [0.15, 0.2) is 6.61 Å². The molecule has 28 heavy (non-hydrogen) atoms. The molecule has 0 radical (unpaired) electrons. The molecule has 142 valence electrons. The van der Waals surface area contributed by atoms with Gasteiger partial charge in [-0.25, -0.2) is 9.59 Å². The van der Waals surface area contributed by atoms with E-state index in [1.54, 1.807) is 42.5 Å². The summed E-state index contributed by atoms with van der Waals surface area (Å²) in [7, 11) is 0. The zero-order chi connectivity index (χ0) is 19.8. The predicted molar refractivity (Wildman–Crippen MR) is 101 cm³/mol. The molecule has 0 spiro atoms. The monoisotopic (exact) mass is 378 g/mol. The van der Waals surface area contributed by atoms with Crippen molar-refractivity contribution in [1.29, 1.82) is 5.26 Å². The highest BCUT2D eigenvalue weighted by Gasteiger charge is 2.22. The average molecular weight is 378 g/mol. The average Bonchev–Trinajstić information content (AvgIpc) is 3.12. The van der Waals surface area contributed by atoms with E-state index in [0.717, 1.165) is 11.1 Å². The van der Waals surface area contributed by atoms with E-state index in [1.807, 2.05) is 18.2 Å². The van der Waals surface area contributed by atoms with Gasteiger partial charge in [0.2, 0.25) is 0 Å². The minimum Gasteiger partial charge on any atom is -0.479 e. The molecule has 1 N–H and O–H groups in total. The van der Waals surface area contributed by atoms with Crippen molar-refractivity contribution in [3.8, 4) is 17.6 Å². The first-order valence-electron chi connectivity index (χ1n) is 8.64. The molecule has 1 fully saturated rings.